The van der Waals surface area contributed by atoms with Crippen LogP contribution < -0.4 is 5.32 Å². The molecule has 1 aromatic rings. The number of alkyl halides is 1. The van der Waals surface area contributed by atoms with E-state index < -0.39 is 10.4 Å². The van der Waals surface area contributed by atoms with Crippen molar-refractivity contribution in [3.05, 3.63) is 30.3 Å². The Labute approximate surface area is 84.9 Å². The fourth-order valence-electron chi connectivity index (χ4n) is 0.767. The van der Waals surface area contributed by atoms with Crippen molar-refractivity contribution in [3.63, 3.8) is 0 Å². The van der Waals surface area contributed by atoms with Gasteiger partial charge in [-0.25, -0.2) is 0 Å². The van der Waals surface area contributed by atoms with E-state index in [1.807, 2.05) is 6.07 Å². The Bertz CT molecular complexity index is 292. The van der Waals surface area contributed by atoms with Gasteiger partial charge in [-0.15, -0.1) is 0 Å². The normalized spacial score (nSPS) is 14.7. The number of benzene rings is 1. The number of hydrogen-bond acceptors (Lipinski definition) is 2. The molecule has 1 rings (SSSR count). The first-order valence-corrected chi connectivity index (χ1v) is 4.57. The third kappa shape index (κ3) is 3.16. The Morgan fingerprint density at radius 1 is 1.46 bits per heavy atom. The van der Waals surface area contributed by atoms with Gasteiger partial charge in [0.1, 0.15) is 0 Å². The van der Waals surface area contributed by atoms with Crippen LogP contribution in [0, 0.1) is 0 Å². The second-order valence-corrected chi connectivity index (χ2v) is 4.32. The van der Waals surface area contributed by atoms with Gasteiger partial charge >= 0.3 is 0 Å². The predicted molar refractivity (Wildman–Crippen MR) is 54.6 cm³/mol. The highest BCUT2D eigenvalue weighted by atomic mass is 79.9. The molecule has 13 heavy (non-hydrogen) atoms. The molecule has 0 aliphatic heterocycles. The van der Waals surface area contributed by atoms with E-state index in [0.717, 1.165) is 0 Å². The number of aliphatic hydroxyl groups is 1. The summed E-state index contributed by atoms with van der Waals surface area (Å²) in [6.07, 6.45) is 0. The van der Waals surface area contributed by atoms with Crippen LogP contribution in [0.1, 0.15) is 6.92 Å². The zero-order valence-electron chi connectivity index (χ0n) is 7.12. The largest absolute Gasteiger partial charge is 0.371 e. The van der Waals surface area contributed by atoms with Crippen LogP contribution in [0.2, 0.25) is 0 Å². The third-order valence-electron chi connectivity index (χ3n) is 1.45. The van der Waals surface area contributed by atoms with Crippen molar-refractivity contribution >= 4 is 27.5 Å². The fraction of sp³-hybridized carbons (Fsp3) is 0.222. The van der Waals surface area contributed by atoms with Crippen LogP contribution in [0.4, 0.5) is 5.69 Å². The molecule has 0 spiro atoms. The molecule has 0 unspecified atom stereocenters. The van der Waals surface area contributed by atoms with Gasteiger partial charge in [-0.05, 0) is 35.0 Å². The maximum atomic E-state index is 11.2. The summed E-state index contributed by atoms with van der Waals surface area (Å²) < 4.78 is -1.52. The molecule has 0 bridgehead atoms. The van der Waals surface area contributed by atoms with E-state index >= 15 is 0 Å². The fourth-order valence-corrected chi connectivity index (χ4v) is 0.866. The van der Waals surface area contributed by atoms with Crippen LogP contribution in [0.3, 0.4) is 0 Å². The summed E-state index contributed by atoms with van der Waals surface area (Å²) in [5.41, 5.74) is 0.659. The van der Waals surface area contributed by atoms with E-state index in [4.69, 9.17) is 0 Å². The van der Waals surface area contributed by atoms with Crippen molar-refractivity contribution in [2.24, 2.45) is 0 Å². The van der Waals surface area contributed by atoms with Gasteiger partial charge in [0.2, 0.25) is 0 Å². The first kappa shape index (κ1) is 10.2. The summed E-state index contributed by atoms with van der Waals surface area (Å²) in [6, 6.07) is 8.95. The zero-order valence-corrected chi connectivity index (χ0v) is 8.71. The molecule has 4 heteroatoms. The van der Waals surface area contributed by atoms with Gasteiger partial charge in [-0.3, -0.25) is 4.79 Å². The van der Waals surface area contributed by atoms with Crippen molar-refractivity contribution in [2.45, 2.75) is 11.4 Å². The number of carbonyl (C=O) groups excluding carboxylic acids is 1. The van der Waals surface area contributed by atoms with Gasteiger partial charge < -0.3 is 10.4 Å². The van der Waals surface area contributed by atoms with E-state index in [0.29, 0.717) is 5.69 Å². The van der Waals surface area contributed by atoms with Gasteiger partial charge in [0.05, 0.1) is 0 Å². The molecular weight excluding hydrogens is 234 g/mol. The molecule has 1 amide bonds. The molecule has 0 saturated heterocycles. The van der Waals surface area contributed by atoms with Crippen LogP contribution in [0.5, 0.6) is 0 Å². The lowest BCUT2D eigenvalue weighted by molar-refractivity contribution is -0.124. The zero-order chi connectivity index (χ0) is 9.90. The summed E-state index contributed by atoms with van der Waals surface area (Å²) in [5.74, 6) is -0.487. The molecule has 0 heterocycles. The van der Waals surface area contributed by atoms with Crippen LogP contribution in [-0.4, -0.2) is 15.5 Å². The average Bonchev–Trinajstić information content (AvgIpc) is 2.04. The Morgan fingerprint density at radius 2 is 2.00 bits per heavy atom. The monoisotopic (exact) mass is 243 g/mol. The average molecular weight is 244 g/mol. The second kappa shape index (κ2) is 3.89. The summed E-state index contributed by atoms with van der Waals surface area (Å²) in [6.45, 7) is 1.37. The highest BCUT2D eigenvalue weighted by Gasteiger charge is 2.25. The molecule has 0 radical (unpaired) electrons. The molecule has 1 aromatic carbocycles. The number of halogens is 1. The number of carbonyl (C=O) groups is 1. The van der Waals surface area contributed by atoms with Gasteiger partial charge in [0.25, 0.3) is 5.91 Å². The standard InChI is InChI=1S/C9H10BrNO2/c1-9(10,13)8(12)11-7-5-3-2-4-6-7/h2-6,13H,1H3,(H,11,12)/t9-/m1/s1. The lowest BCUT2D eigenvalue weighted by Crippen LogP contribution is -2.33. The first-order chi connectivity index (χ1) is 6.00. The van der Waals surface area contributed by atoms with E-state index in [9.17, 15) is 9.90 Å². The molecule has 70 valence electrons. The molecule has 3 nitrogen and oxygen atoms in total. The number of nitrogens with one attached hydrogen (secondary N) is 1. The van der Waals surface area contributed by atoms with E-state index in [1.165, 1.54) is 6.92 Å². The third-order valence-corrected chi connectivity index (χ3v) is 1.81. The number of hydrogen-bond donors (Lipinski definition) is 2. The smallest absolute Gasteiger partial charge is 0.267 e. The Hall–Kier alpha value is -0.870. The van der Waals surface area contributed by atoms with Crippen molar-refractivity contribution in [3.8, 4) is 0 Å². The number of rotatable bonds is 2. The lowest BCUT2D eigenvalue weighted by atomic mass is 10.3. The quantitative estimate of drug-likeness (QED) is 0.778. The Morgan fingerprint density at radius 3 is 2.46 bits per heavy atom. The highest BCUT2D eigenvalue weighted by molar-refractivity contribution is 9.10. The summed E-state index contributed by atoms with van der Waals surface area (Å²) >= 11 is 2.84. The Kier molecular flexibility index (Phi) is 3.06. The number of para-hydroxylation sites is 1. The minimum atomic E-state index is -1.52. The lowest BCUT2D eigenvalue weighted by Gasteiger charge is -2.14. The molecule has 0 aliphatic carbocycles. The molecule has 2 N–H and O–H groups in total. The molecule has 1 atom stereocenters. The molecule has 0 aliphatic rings. The summed E-state index contributed by atoms with van der Waals surface area (Å²) in [5, 5.41) is 11.8. The highest BCUT2D eigenvalue weighted by Crippen LogP contribution is 2.15. The van der Waals surface area contributed by atoms with Crippen LogP contribution in [-0.2, 0) is 4.79 Å². The summed E-state index contributed by atoms with van der Waals surface area (Å²) in [7, 11) is 0. The minimum Gasteiger partial charge on any atom is -0.371 e. The van der Waals surface area contributed by atoms with Crippen LogP contribution in [0.25, 0.3) is 0 Å². The van der Waals surface area contributed by atoms with Gasteiger partial charge in [0.15, 0.2) is 4.51 Å². The van der Waals surface area contributed by atoms with Gasteiger partial charge in [-0.2, -0.15) is 0 Å². The molecule has 0 fully saturated rings. The van der Waals surface area contributed by atoms with Crippen molar-refractivity contribution < 1.29 is 9.90 Å². The SMILES string of the molecule is C[C@](O)(Br)C(=O)Nc1ccccc1. The number of amides is 1. The van der Waals surface area contributed by atoms with E-state index in [-0.39, 0.29) is 0 Å². The Balaban J connectivity index is 2.66. The van der Waals surface area contributed by atoms with Gasteiger partial charge in [-0.1, -0.05) is 18.2 Å². The second-order valence-electron chi connectivity index (χ2n) is 2.77. The summed E-state index contributed by atoms with van der Waals surface area (Å²) in [4.78, 5) is 11.2. The van der Waals surface area contributed by atoms with E-state index in [2.05, 4.69) is 21.2 Å². The first-order valence-electron chi connectivity index (χ1n) is 3.78. The predicted octanol–water partition coefficient (Wildman–Crippen LogP) is 1.73. The van der Waals surface area contributed by atoms with Crippen molar-refractivity contribution in [1.29, 1.82) is 0 Å². The van der Waals surface area contributed by atoms with Crippen LogP contribution in [0.15, 0.2) is 30.3 Å². The molecule has 0 aromatic heterocycles. The van der Waals surface area contributed by atoms with Crippen molar-refractivity contribution in [1.82, 2.24) is 0 Å². The maximum absolute atomic E-state index is 11.2. The van der Waals surface area contributed by atoms with Gasteiger partial charge in [0, 0.05) is 5.69 Å². The topological polar surface area (TPSA) is 49.3 Å². The molecular formula is C9H10BrNO2. The van der Waals surface area contributed by atoms with Crippen LogP contribution >= 0.6 is 15.9 Å². The van der Waals surface area contributed by atoms with Crippen molar-refractivity contribution in [2.75, 3.05) is 5.32 Å². The van der Waals surface area contributed by atoms with E-state index in [1.54, 1.807) is 24.3 Å². The number of anilines is 1. The minimum absolute atomic E-state index is 0.487. The maximum Gasteiger partial charge on any atom is 0.267 e. The molecule has 0 saturated carbocycles.